The lowest BCUT2D eigenvalue weighted by Gasteiger charge is -2.21. The van der Waals surface area contributed by atoms with E-state index in [1.54, 1.807) is 18.4 Å². The first-order valence-corrected chi connectivity index (χ1v) is 8.64. The van der Waals surface area contributed by atoms with Crippen molar-refractivity contribution in [3.05, 3.63) is 16.5 Å². The van der Waals surface area contributed by atoms with Crippen LogP contribution >= 0.6 is 11.3 Å². The third kappa shape index (κ3) is 4.20. The first-order valence-electron chi connectivity index (χ1n) is 7.83. The predicted molar refractivity (Wildman–Crippen MR) is 88.6 cm³/mol. The summed E-state index contributed by atoms with van der Waals surface area (Å²) in [7, 11) is 1.65. The van der Waals surface area contributed by atoms with E-state index in [9.17, 15) is 4.79 Å². The molecule has 2 heterocycles. The van der Waals surface area contributed by atoms with Crippen LogP contribution < -0.4 is 10.2 Å². The van der Waals surface area contributed by atoms with Gasteiger partial charge in [-0.2, -0.15) is 0 Å². The highest BCUT2D eigenvalue weighted by Gasteiger charge is 2.21. The molecule has 0 aliphatic carbocycles. The van der Waals surface area contributed by atoms with E-state index in [0.29, 0.717) is 6.61 Å². The Bertz CT molecular complexity index is 473. The normalized spacial score (nSPS) is 16.2. The number of amides is 1. The van der Waals surface area contributed by atoms with Crippen molar-refractivity contribution < 1.29 is 9.53 Å². The first kappa shape index (κ1) is 16.3. The Morgan fingerprint density at radius 2 is 2.33 bits per heavy atom. The molecule has 0 saturated carbocycles. The Morgan fingerprint density at radius 1 is 1.52 bits per heavy atom. The molecule has 1 amide bonds. The summed E-state index contributed by atoms with van der Waals surface area (Å²) in [6, 6.07) is 2.12. The van der Waals surface area contributed by atoms with E-state index in [2.05, 4.69) is 23.2 Å². The minimum Gasteiger partial charge on any atom is -0.383 e. The molecule has 0 spiro atoms. The highest BCUT2D eigenvalue weighted by atomic mass is 32.1. The molecule has 0 aromatic carbocycles. The molecule has 1 N–H and O–H groups in total. The molecule has 1 aromatic rings. The summed E-state index contributed by atoms with van der Waals surface area (Å²) in [4.78, 5) is 15.6. The average molecular weight is 310 g/mol. The summed E-state index contributed by atoms with van der Waals surface area (Å²) in [5.74, 6) is 0.0223. The standard InChI is InChI=1S/C16H26N2O2S/c1-4-8-18-9-6-5-7-13-10-14(21-16(13)18)15(19)17-12(2)11-20-3/h10,12H,4-9,11H2,1-3H3,(H,17,19). The maximum absolute atomic E-state index is 12.3. The molecule has 1 aliphatic heterocycles. The summed E-state index contributed by atoms with van der Waals surface area (Å²) in [5.41, 5.74) is 1.34. The van der Waals surface area contributed by atoms with Crippen molar-refractivity contribution in [1.29, 1.82) is 0 Å². The molecular formula is C16H26N2O2S. The fourth-order valence-corrected chi connectivity index (χ4v) is 3.93. The highest BCUT2D eigenvalue weighted by molar-refractivity contribution is 7.18. The van der Waals surface area contributed by atoms with Crippen LogP contribution in [0.2, 0.25) is 0 Å². The Morgan fingerprint density at radius 3 is 3.05 bits per heavy atom. The summed E-state index contributed by atoms with van der Waals surface area (Å²) >= 11 is 1.64. The number of hydrogen-bond acceptors (Lipinski definition) is 4. The molecule has 21 heavy (non-hydrogen) atoms. The van der Waals surface area contributed by atoms with Gasteiger partial charge in [0.2, 0.25) is 0 Å². The molecule has 1 aliphatic rings. The van der Waals surface area contributed by atoms with E-state index in [4.69, 9.17) is 4.74 Å². The maximum Gasteiger partial charge on any atom is 0.261 e. The van der Waals surface area contributed by atoms with Gasteiger partial charge < -0.3 is 15.0 Å². The number of carbonyl (C=O) groups excluding carboxylic acids is 1. The van der Waals surface area contributed by atoms with Crippen molar-refractivity contribution in [2.24, 2.45) is 0 Å². The number of nitrogens with zero attached hydrogens (tertiary/aromatic N) is 1. The van der Waals surface area contributed by atoms with Gasteiger partial charge in [0.1, 0.15) is 0 Å². The van der Waals surface area contributed by atoms with Gasteiger partial charge >= 0.3 is 0 Å². The van der Waals surface area contributed by atoms with E-state index < -0.39 is 0 Å². The summed E-state index contributed by atoms with van der Waals surface area (Å²) in [5, 5.41) is 4.30. The van der Waals surface area contributed by atoms with Gasteiger partial charge in [0.25, 0.3) is 5.91 Å². The van der Waals surface area contributed by atoms with Crippen molar-refractivity contribution in [2.45, 2.75) is 45.6 Å². The molecule has 1 atom stereocenters. The number of anilines is 1. The van der Waals surface area contributed by atoms with Crippen LogP contribution in [-0.4, -0.2) is 38.8 Å². The molecule has 2 rings (SSSR count). The molecule has 1 aromatic heterocycles. The van der Waals surface area contributed by atoms with Crippen LogP contribution in [0.15, 0.2) is 6.07 Å². The molecule has 118 valence electrons. The fourth-order valence-electron chi connectivity index (χ4n) is 2.77. The van der Waals surface area contributed by atoms with Crippen molar-refractivity contribution in [3.63, 3.8) is 0 Å². The van der Waals surface area contributed by atoms with Crippen LogP contribution in [0.1, 0.15) is 48.3 Å². The zero-order valence-electron chi connectivity index (χ0n) is 13.3. The molecule has 4 nitrogen and oxygen atoms in total. The molecule has 0 bridgehead atoms. The van der Waals surface area contributed by atoms with Gasteiger partial charge in [0, 0.05) is 26.2 Å². The van der Waals surface area contributed by atoms with Gasteiger partial charge in [0.05, 0.1) is 16.5 Å². The van der Waals surface area contributed by atoms with Crippen molar-refractivity contribution in [1.82, 2.24) is 5.32 Å². The Hall–Kier alpha value is -1.07. The summed E-state index contributed by atoms with van der Waals surface area (Å²) in [6.07, 6.45) is 4.69. The number of aryl methyl sites for hydroxylation is 1. The number of ether oxygens (including phenoxy) is 1. The zero-order chi connectivity index (χ0) is 15.2. The fraction of sp³-hybridized carbons (Fsp3) is 0.688. The molecule has 0 fully saturated rings. The van der Waals surface area contributed by atoms with Crippen LogP contribution in [0.25, 0.3) is 0 Å². The van der Waals surface area contributed by atoms with Crippen LogP contribution in [0.4, 0.5) is 5.00 Å². The monoisotopic (exact) mass is 310 g/mol. The minimum absolute atomic E-state index is 0.0223. The first-order chi connectivity index (χ1) is 10.2. The van der Waals surface area contributed by atoms with Gasteiger partial charge in [-0.25, -0.2) is 0 Å². The number of thiophene rings is 1. The lowest BCUT2D eigenvalue weighted by Crippen LogP contribution is -2.35. The second-order valence-corrected chi connectivity index (χ2v) is 6.75. The second kappa shape index (κ2) is 7.80. The average Bonchev–Trinajstić information content (AvgIpc) is 2.78. The Labute approximate surface area is 131 Å². The molecule has 0 saturated heterocycles. The molecule has 5 heteroatoms. The van der Waals surface area contributed by atoms with Crippen molar-refractivity contribution in [3.8, 4) is 0 Å². The number of rotatable bonds is 6. The largest absolute Gasteiger partial charge is 0.383 e. The molecule has 1 unspecified atom stereocenters. The number of nitrogens with one attached hydrogen (secondary N) is 1. The molecular weight excluding hydrogens is 284 g/mol. The third-order valence-electron chi connectivity index (χ3n) is 3.71. The number of fused-ring (bicyclic) bond motifs is 1. The maximum atomic E-state index is 12.3. The van der Waals surface area contributed by atoms with Gasteiger partial charge in [-0.05, 0) is 44.2 Å². The van der Waals surface area contributed by atoms with Crippen LogP contribution in [0.3, 0.4) is 0 Å². The van der Waals surface area contributed by atoms with Crippen molar-refractivity contribution in [2.75, 3.05) is 31.7 Å². The number of methoxy groups -OCH3 is 1. The highest BCUT2D eigenvalue weighted by Crippen LogP contribution is 2.35. The third-order valence-corrected chi connectivity index (χ3v) is 4.95. The van der Waals surface area contributed by atoms with E-state index in [0.717, 1.165) is 30.8 Å². The van der Waals surface area contributed by atoms with Crippen LogP contribution in [0, 0.1) is 0 Å². The molecule has 0 radical (unpaired) electrons. The van der Waals surface area contributed by atoms with Gasteiger partial charge in [-0.3, -0.25) is 4.79 Å². The van der Waals surface area contributed by atoms with E-state index >= 15 is 0 Å². The van der Waals surface area contributed by atoms with Crippen molar-refractivity contribution >= 4 is 22.2 Å². The SMILES string of the molecule is CCCN1CCCCc2cc(C(=O)NC(C)COC)sc21. The van der Waals surface area contributed by atoms with Gasteiger partial charge in [-0.1, -0.05) is 6.92 Å². The lowest BCUT2D eigenvalue weighted by atomic mass is 10.1. The topological polar surface area (TPSA) is 41.6 Å². The van der Waals surface area contributed by atoms with Gasteiger partial charge in [-0.15, -0.1) is 11.3 Å². The smallest absolute Gasteiger partial charge is 0.261 e. The van der Waals surface area contributed by atoms with E-state index in [-0.39, 0.29) is 11.9 Å². The lowest BCUT2D eigenvalue weighted by molar-refractivity contribution is 0.0909. The second-order valence-electron chi connectivity index (χ2n) is 5.72. The van der Waals surface area contributed by atoms with E-state index in [1.165, 1.54) is 23.4 Å². The summed E-state index contributed by atoms with van der Waals surface area (Å²) < 4.78 is 5.07. The zero-order valence-corrected chi connectivity index (χ0v) is 14.1. The van der Waals surface area contributed by atoms with E-state index in [1.807, 2.05) is 6.92 Å². The van der Waals surface area contributed by atoms with Crippen LogP contribution in [-0.2, 0) is 11.2 Å². The minimum atomic E-state index is 0.0223. The van der Waals surface area contributed by atoms with Gasteiger partial charge in [0.15, 0.2) is 0 Å². The quantitative estimate of drug-likeness (QED) is 0.878. The number of carbonyl (C=O) groups is 1. The number of hydrogen-bond donors (Lipinski definition) is 1. The Kier molecular flexibility index (Phi) is 6.06. The van der Waals surface area contributed by atoms with Crippen LogP contribution in [0.5, 0.6) is 0 Å². The Balaban J connectivity index is 2.12. The predicted octanol–water partition coefficient (Wildman–Crippen LogP) is 3.07. The summed E-state index contributed by atoms with van der Waals surface area (Å²) in [6.45, 7) is 6.90.